The van der Waals surface area contributed by atoms with E-state index in [-0.39, 0.29) is 19.4 Å². The average Bonchev–Trinajstić information content (AvgIpc) is 3.12. The van der Waals surface area contributed by atoms with Crippen molar-refractivity contribution in [2.45, 2.75) is 167 Å². The first-order valence-corrected chi connectivity index (χ1v) is 21.1. The highest BCUT2D eigenvalue weighted by Gasteiger charge is 2.27. The third kappa shape index (κ3) is 36.1. The summed E-state index contributed by atoms with van der Waals surface area (Å²) in [4.78, 5) is 34.8. The summed E-state index contributed by atoms with van der Waals surface area (Å²) in [5, 5.41) is 18.3. The number of phosphoric acid groups is 1. The van der Waals surface area contributed by atoms with Crippen LogP contribution >= 0.6 is 7.82 Å². The summed E-state index contributed by atoms with van der Waals surface area (Å²) in [7, 11) is -4.62. The monoisotopic (exact) mass is 742 g/mol. The number of hydrogen-bond acceptors (Lipinski definition) is 9. The largest absolute Gasteiger partial charge is 0.472 e. The van der Waals surface area contributed by atoms with Crippen molar-refractivity contribution in [3.05, 3.63) is 48.6 Å². The molecule has 0 aliphatic rings. The molecule has 0 heterocycles. The Labute approximate surface area is 309 Å². The lowest BCUT2D eigenvalue weighted by Crippen LogP contribution is -2.29. The fourth-order valence-corrected chi connectivity index (χ4v) is 5.67. The van der Waals surface area contributed by atoms with Crippen molar-refractivity contribution in [1.82, 2.24) is 0 Å². The zero-order chi connectivity index (χ0) is 37.7. The third-order valence-electron chi connectivity index (χ3n) is 7.94. The van der Waals surface area contributed by atoms with Crippen LogP contribution < -0.4 is 0 Å². The van der Waals surface area contributed by atoms with Crippen molar-refractivity contribution in [2.75, 3.05) is 26.4 Å². The Morgan fingerprint density at radius 2 is 1.06 bits per heavy atom. The number of aliphatic hydroxyl groups excluding tert-OH is 2. The fraction of sp³-hybridized carbons (Fsp3) is 0.750. The highest BCUT2D eigenvalue weighted by atomic mass is 31.2. The van der Waals surface area contributed by atoms with Gasteiger partial charge in [0.05, 0.1) is 19.8 Å². The molecule has 0 aromatic carbocycles. The summed E-state index contributed by atoms with van der Waals surface area (Å²) >= 11 is 0. The molecule has 3 unspecified atom stereocenters. The first-order valence-electron chi connectivity index (χ1n) is 19.6. The summed E-state index contributed by atoms with van der Waals surface area (Å²) in [6.07, 6.45) is 36.5. The number of phosphoric ester groups is 1. The van der Waals surface area contributed by atoms with E-state index in [4.69, 9.17) is 19.1 Å². The van der Waals surface area contributed by atoms with Gasteiger partial charge in [0, 0.05) is 12.8 Å². The Balaban J connectivity index is 4.41. The number of ether oxygens (including phenoxy) is 2. The van der Waals surface area contributed by atoms with E-state index in [1.54, 1.807) is 0 Å². The minimum absolute atomic E-state index is 0.163. The van der Waals surface area contributed by atoms with Crippen LogP contribution in [0.1, 0.15) is 155 Å². The molecule has 0 aliphatic carbocycles. The second-order valence-corrected chi connectivity index (χ2v) is 14.4. The van der Waals surface area contributed by atoms with E-state index in [0.717, 1.165) is 89.9 Å². The zero-order valence-corrected chi connectivity index (χ0v) is 32.7. The SMILES string of the molecule is CCC/C=C\C/C=C\CCCCCCCC(=O)OCC(COP(=O)(O)OCC(O)CO)OC(=O)CCCCCCC/C=C\C/C=C\CCCCC. The molecule has 296 valence electrons. The third-order valence-corrected chi connectivity index (χ3v) is 8.89. The molecule has 0 saturated heterocycles. The number of carbonyl (C=O) groups is 2. The van der Waals surface area contributed by atoms with Gasteiger partial charge in [-0.05, 0) is 70.6 Å². The predicted octanol–water partition coefficient (Wildman–Crippen LogP) is 9.78. The molecule has 0 radical (unpaired) electrons. The molecule has 0 aromatic heterocycles. The van der Waals surface area contributed by atoms with Crippen LogP contribution in [-0.4, -0.2) is 65.7 Å². The van der Waals surface area contributed by atoms with Crippen LogP contribution in [0.2, 0.25) is 0 Å². The number of allylic oxidation sites excluding steroid dienone is 8. The average molecular weight is 743 g/mol. The van der Waals surface area contributed by atoms with Crippen LogP contribution in [0.5, 0.6) is 0 Å². The summed E-state index contributed by atoms with van der Waals surface area (Å²) < 4.78 is 32.6. The predicted molar refractivity (Wildman–Crippen MR) is 205 cm³/mol. The molecule has 3 N–H and O–H groups in total. The number of aliphatic hydroxyl groups is 2. The zero-order valence-electron chi connectivity index (χ0n) is 31.8. The van der Waals surface area contributed by atoms with Crippen LogP contribution in [0.15, 0.2) is 48.6 Å². The molecule has 51 heavy (non-hydrogen) atoms. The summed E-state index contributed by atoms with van der Waals surface area (Å²) in [5.41, 5.74) is 0. The number of unbranched alkanes of at least 4 members (excludes halogenated alkanes) is 14. The Kier molecular flexibility index (Phi) is 34.8. The van der Waals surface area contributed by atoms with Crippen molar-refractivity contribution in [2.24, 2.45) is 0 Å². The van der Waals surface area contributed by atoms with Crippen molar-refractivity contribution in [1.29, 1.82) is 0 Å². The Bertz CT molecular complexity index is 994. The topological polar surface area (TPSA) is 149 Å². The van der Waals surface area contributed by atoms with E-state index in [1.807, 2.05) is 0 Å². The Hall–Kier alpha value is -2.07. The minimum atomic E-state index is -4.62. The van der Waals surface area contributed by atoms with Crippen LogP contribution in [0.25, 0.3) is 0 Å². The number of hydrogen-bond donors (Lipinski definition) is 3. The quantitative estimate of drug-likeness (QED) is 0.0245. The summed E-state index contributed by atoms with van der Waals surface area (Å²) in [6, 6.07) is 0. The molecule has 11 heteroatoms. The minimum Gasteiger partial charge on any atom is -0.462 e. The van der Waals surface area contributed by atoms with Gasteiger partial charge in [0.15, 0.2) is 6.10 Å². The van der Waals surface area contributed by atoms with Crippen molar-refractivity contribution >= 4 is 19.8 Å². The van der Waals surface area contributed by atoms with Crippen LogP contribution in [0.3, 0.4) is 0 Å². The van der Waals surface area contributed by atoms with Gasteiger partial charge in [-0.3, -0.25) is 18.6 Å². The molecule has 10 nitrogen and oxygen atoms in total. The lowest BCUT2D eigenvalue weighted by molar-refractivity contribution is -0.161. The van der Waals surface area contributed by atoms with E-state index in [2.05, 4.69) is 67.0 Å². The van der Waals surface area contributed by atoms with Gasteiger partial charge in [0.25, 0.3) is 0 Å². The number of esters is 2. The molecule has 0 amide bonds. The highest BCUT2D eigenvalue weighted by Crippen LogP contribution is 2.43. The molecule has 0 bridgehead atoms. The maximum atomic E-state index is 12.6. The molecular formula is C40H71O10P. The van der Waals surface area contributed by atoms with Crippen LogP contribution in [0, 0.1) is 0 Å². The van der Waals surface area contributed by atoms with E-state index < -0.39 is 51.8 Å². The second-order valence-electron chi connectivity index (χ2n) is 12.9. The van der Waals surface area contributed by atoms with Gasteiger partial charge < -0.3 is 24.6 Å². The van der Waals surface area contributed by atoms with E-state index in [9.17, 15) is 24.2 Å². The molecule has 0 fully saturated rings. The van der Waals surface area contributed by atoms with Gasteiger partial charge in [-0.15, -0.1) is 0 Å². The highest BCUT2D eigenvalue weighted by molar-refractivity contribution is 7.47. The van der Waals surface area contributed by atoms with Gasteiger partial charge in [-0.2, -0.15) is 0 Å². The fourth-order valence-electron chi connectivity index (χ4n) is 4.88. The lowest BCUT2D eigenvalue weighted by Gasteiger charge is -2.20. The van der Waals surface area contributed by atoms with Crippen molar-refractivity contribution < 1.29 is 47.8 Å². The van der Waals surface area contributed by atoms with Gasteiger partial charge in [0.2, 0.25) is 0 Å². The first kappa shape index (κ1) is 48.9. The van der Waals surface area contributed by atoms with Gasteiger partial charge >= 0.3 is 19.8 Å². The normalized spacial score (nSPS) is 14.5. The second kappa shape index (κ2) is 36.3. The Morgan fingerprint density at radius 1 is 0.588 bits per heavy atom. The number of rotatable bonds is 36. The van der Waals surface area contributed by atoms with Crippen LogP contribution in [-0.2, 0) is 32.7 Å². The van der Waals surface area contributed by atoms with Crippen molar-refractivity contribution in [3.63, 3.8) is 0 Å². The molecule has 0 aromatic rings. The smallest absolute Gasteiger partial charge is 0.462 e. The maximum Gasteiger partial charge on any atom is 0.472 e. The van der Waals surface area contributed by atoms with E-state index in [1.165, 1.54) is 25.7 Å². The Morgan fingerprint density at radius 3 is 1.59 bits per heavy atom. The van der Waals surface area contributed by atoms with E-state index in [0.29, 0.717) is 12.8 Å². The van der Waals surface area contributed by atoms with Gasteiger partial charge in [0.1, 0.15) is 12.7 Å². The molecule has 3 atom stereocenters. The van der Waals surface area contributed by atoms with Crippen LogP contribution in [0.4, 0.5) is 0 Å². The standard InChI is InChI=1S/C40H71O10P/c1-3-5-7-9-11-13-15-17-18-20-22-24-26-28-30-32-40(44)50-38(36-49-51(45,46)48-34-37(42)33-41)35-47-39(43)31-29-27-25-23-21-19-16-14-12-10-8-6-4-2/h8,10-11,13-14,16-18,37-38,41-42H,3-7,9,12,15,19-36H2,1-2H3,(H,45,46)/b10-8-,13-11-,16-14-,18-17-. The molecule has 0 saturated carbocycles. The van der Waals surface area contributed by atoms with Gasteiger partial charge in [-0.25, -0.2) is 4.57 Å². The van der Waals surface area contributed by atoms with Crippen molar-refractivity contribution in [3.8, 4) is 0 Å². The molecular weight excluding hydrogens is 671 g/mol. The molecule has 0 rings (SSSR count). The van der Waals surface area contributed by atoms with Gasteiger partial charge in [-0.1, -0.05) is 120 Å². The number of carbonyl (C=O) groups excluding carboxylic acids is 2. The first-order chi connectivity index (χ1) is 24.7. The lowest BCUT2D eigenvalue weighted by atomic mass is 10.1. The maximum absolute atomic E-state index is 12.6. The van der Waals surface area contributed by atoms with E-state index >= 15 is 0 Å². The summed E-state index contributed by atoms with van der Waals surface area (Å²) in [6.45, 7) is 2.23. The molecule has 0 spiro atoms. The molecule has 0 aliphatic heterocycles. The summed E-state index contributed by atoms with van der Waals surface area (Å²) in [5.74, 6) is -0.962.